The van der Waals surface area contributed by atoms with Crippen molar-refractivity contribution < 1.29 is 14.3 Å². The first kappa shape index (κ1) is 21.8. The molecule has 3 rings (SSSR count). The molecule has 0 spiro atoms. The summed E-state index contributed by atoms with van der Waals surface area (Å²) in [6, 6.07) is 7.61. The van der Waals surface area contributed by atoms with E-state index in [1.165, 1.54) is 6.33 Å². The van der Waals surface area contributed by atoms with Gasteiger partial charge in [0.2, 0.25) is 5.91 Å². The Hall–Kier alpha value is -2.90. The number of carbonyl (C=O) groups excluding carboxylic acids is 2. The number of nitrogens with zero attached hydrogens (tertiary/aromatic N) is 4. The van der Waals surface area contributed by atoms with Gasteiger partial charge in [0.25, 0.3) is 0 Å². The molecule has 1 aliphatic heterocycles. The number of benzene rings is 1. The summed E-state index contributed by atoms with van der Waals surface area (Å²) >= 11 is 0. The van der Waals surface area contributed by atoms with Gasteiger partial charge in [-0.25, -0.2) is 14.5 Å². The molecular formula is C22H31N5O3. The number of aromatic nitrogens is 3. The first-order valence-corrected chi connectivity index (χ1v) is 10.4. The molecule has 0 unspecified atom stereocenters. The lowest BCUT2D eigenvalue weighted by Crippen LogP contribution is -2.47. The Kier molecular flexibility index (Phi) is 6.43. The summed E-state index contributed by atoms with van der Waals surface area (Å²) in [6.07, 6.45) is 3.40. The maximum atomic E-state index is 13.0. The standard InChI is InChI=1S/C22H31N5O3/c1-15(2)19-18(9-10-26(19)21(29)30-22(3,4)5)20(28)24-12-16-7-6-8-17(11-16)27-14-23-13-25-27/h6-8,11,13-15,18-19H,9-10,12H2,1-5H3,(H,24,28)/t18-,19-/m1/s1. The average Bonchev–Trinajstić information content (AvgIpc) is 3.34. The van der Waals surface area contributed by atoms with Crippen molar-refractivity contribution in [3.8, 4) is 5.69 Å². The second kappa shape index (κ2) is 8.85. The van der Waals surface area contributed by atoms with Crippen LogP contribution in [0.1, 0.15) is 46.6 Å². The number of rotatable bonds is 5. The predicted molar refractivity (Wildman–Crippen MR) is 113 cm³/mol. The molecule has 1 aliphatic rings. The highest BCUT2D eigenvalue weighted by Crippen LogP contribution is 2.31. The monoisotopic (exact) mass is 413 g/mol. The molecule has 1 N–H and O–H groups in total. The zero-order valence-corrected chi connectivity index (χ0v) is 18.3. The van der Waals surface area contributed by atoms with Gasteiger partial charge in [0.15, 0.2) is 0 Å². The van der Waals surface area contributed by atoms with E-state index in [1.807, 2.05) is 58.9 Å². The molecule has 162 valence electrons. The van der Waals surface area contributed by atoms with Gasteiger partial charge in [-0.2, -0.15) is 5.10 Å². The van der Waals surface area contributed by atoms with Gasteiger partial charge in [0.1, 0.15) is 18.3 Å². The van der Waals surface area contributed by atoms with Crippen LogP contribution < -0.4 is 5.32 Å². The van der Waals surface area contributed by atoms with E-state index >= 15 is 0 Å². The van der Waals surface area contributed by atoms with Crippen molar-refractivity contribution in [2.75, 3.05) is 6.54 Å². The minimum Gasteiger partial charge on any atom is -0.444 e. The van der Waals surface area contributed by atoms with Gasteiger partial charge in [-0.1, -0.05) is 26.0 Å². The zero-order chi connectivity index (χ0) is 21.9. The number of amides is 2. The molecule has 8 heteroatoms. The summed E-state index contributed by atoms with van der Waals surface area (Å²) in [5.41, 5.74) is 1.30. The summed E-state index contributed by atoms with van der Waals surface area (Å²) < 4.78 is 7.23. The maximum absolute atomic E-state index is 13.0. The lowest BCUT2D eigenvalue weighted by molar-refractivity contribution is -0.126. The summed E-state index contributed by atoms with van der Waals surface area (Å²) in [6.45, 7) is 10.6. The highest BCUT2D eigenvalue weighted by atomic mass is 16.6. The van der Waals surface area contributed by atoms with Crippen molar-refractivity contribution >= 4 is 12.0 Å². The van der Waals surface area contributed by atoms with Gasteiger partial charge in [0.05, 0.1) is 11.6 Å². The Labute approximate surface area is 177 Å². The Morgan fingerprint density at radius 3 is 2.70 bits per heavy atom. The van der Waals surface area contributed by atoms with Crippen LogP contribution in [0.3, 0.4) is 0 Å². The van der Waals surface area contributed by atoms with Crippen molar-refractivity contribution in [2.24, 2.45) is 11.8 Å². The van der Waals surface area contributed by atoms with E-state index in [9.17, 15) is 9.59 Å². The Bertz CT molecular complexity index is 873. The summed E-state index contributed by atoms with van der Waals surface area (Å²) in [4.78, 5) is 31.3. The first-order valence-electron chi connectivity index (χ1n) is 10.4. The summed E-state index contributed by atoms with van der Waals surface area (Å²) in [5.74, 6) is -0.145. The van der Waals surface area contributed by atoms with Gasteiger partial charge in [0, 0.05) is 19.1 Å². The van der Waals surface area contributed by atoms with E-state index < -0.39 is 5.60 Å². The molecule has 1 aromatic heterocycles. The molecule has 30 heavy (non-hydrogen) atoms. The fourth-order valence-electron chi connectivity index (χ4n) is 3.93. The van der Waals surface area contributed by atoms with Crippen LogP contribution in [0.25, 0.3) is 5.69 Å². The fourth-order valence-corrected chi connectivity index (χ4v) is 3.93. The van der Waals surface area contributed by atoms with Crippen LogP contribution in [0, 0.1) is 11.8 Å². The number of carbonyl (C=O) groups is 2. The minimum absolute atomic E-state index is 0.0362. The predicted octanol–water partition coefficient (Wildman–Crippen LogP) is 3.17. The van der Waals surface area contributed by atoms with Gasteiger partial charge in [-0.3, -0.25) is 4.79 Å². The molecule has 1 saturated heterocycles. The quantitative estimate of drug-likeness (QED) is 0.813. The fraction of sp³-hybridized carbons (Fsp3) is 0.545. The average molecular weight is 414 g/mol. The highest BCUT2D eigenvalue weighted by Gasteiger charge is 2.43. The van der Waals surface area contributed by atoms with Gasteiger partial charge in [-0.15, -0.1) is 0 Å². The number of hydrogen-bond donors (Lipinski definition) is 1. The molecule has 1 aromatic carbocycles. The van der Waals surface area contributed by atoms with E-state index in [1.54, 1.807) is 15.9 Å². The van der Waals surface area contributed by atoms with Crippen LogP contribution >= 0.6 is 0 Å². The molecule has 0 radical (unpaired) electrons. The van der Waals surface area contributed by atoms with Crippen molar-refractivity contribution in [1.82, 2.24) is 25.0 Å². The zero-order valence-electron chi connectivity index (χ0n) is 18.3. The second-order valence-corrected chi connectivity index (χ2v) is 9.03. The first-order chi connectivity index (χ1) is 14.2. The number of nitrogens with one attached hydrogen (secondary N) is 1. The third-order valence-corrected chi connectivity index (χ3v) is 5.16. The Morgan fingerprint density at radius 2 is 2.07 bits per heavy atom. The van der Waals surface area contributed by atoms with Crippen LogP contribution in [0.15, 0.2) is 36.9 Å². The van der Waals surface area contributed by atoms with Gasteiger partial charge >= 0.3 is 6.09 Å². The molecule has 0 bridgehead atoms. The van der Waals surface area contributed by atoms with Crippen molar-refractivity contribution in [3.05, 3.63) is 42.5 Å². The van der Waals surface area contributed by atoms with Crippen LogP contribution in [-0.2, 0) is 16.1 Å². The van der Waals surface area contributed by atoms with E-state index in [4.69, 9.17) is 4.74 Å². The van der Waals surface area contributed by atoms with Gasteiger partial charge < -0.3 is 15.0 Å². The van der Waals surface area contributed by atoms with Gasteiger partial charge in [-0.05, 0) is 50.8 Å². The Balaban J connectivity index is 1.65. The second-order valence-electron chi connectivity index (χ2n) is 9.03. The smallest absolute Gasteiger partial charge is 0.410 e. The van der Waals surface area contributed by atoms with Crippen LogP contribution in [-0.4, -0.2) is 49.9 Å². The Morgan fingerprint density at radius 1 is 1.30 bits per heavy atom. The van der Waals surface area contributed by atoms with E-state index in [0.717, 1.165) is 11.3 Å². The van der Waals surface area contributed by atoms with Crippen molar-refractivity contribution in [3.63, 3.8) is 0 Å². The topological polar surface area (TPSA) is 89.4 Å². The van der Waals surface area contributed by atoms with E-state index in [0.29, 0.717) is 19.5 Å². The molecule has 0 saturated carbocycles. The molecule has 8 nitrogen and oxygen atoms in total. The van der Waals surface area contributed by atoms with E-state index in [-0.39, 0.29) is 29.9 Å². The molecule has 2 amide bonds. The number of hydrogen-bond acceptors (Lipinski definition) is 5. The van der Waals surface area contributed by atoms with E-state index in [2.05, 4.69) is 15.4 Å². The number of ether oxygens (including phenoxy) is 1. The summed E-state index contributed by atoms with van der Waals surface area (Å²) in [7, 11) is 0. The van der Waals surface area contributed by atoms with Crippen molar-refractivity contribution in [1.29, 1.82) is 0 Å². The van der Waals surface area contributed by atoms with Crippen LogP contribution in [0.4, 0.5) is 4.79 Å². The van der Waals surface area contributed by atoms with Crippen LogP contribution in [0.5, 0.6) is 0 Å². The maximum Gasteiger partial charge on any atom is 0.410 e. The minimum atomic E-state index is -0.561. The van der Waals surface area contributed by atoms with Crippen LogP contribution in [0.2, 0.25) is 0 Å². The van der Waals surface area contributed by atoms with Crippen molar-refractivity contribution in [2.45, 2.75) is 59.2 Å². The molecular weight excluding hydrogens is 382 g/mol. The lowest BCUT2D eigenvalue weighted by Gasteiger charge is -2.32. The number of likely N-dealkylation sites (tertiary alicyclic amines) is 1. The lowest BCUT2D eigenvalue weighted by atomic mass is 9.90. The largest absolute Gasteiger partial charge is 0.444 e. The summed E-state index contributed by atoms with van der Waals surface area (Å²) in [5, 5.41) is 7.18. The molecule has 0 aliphatic carbocycles. The molecule has 2 aromatic rings. The molecule has 2 heterocycles. The molecule has 2 atom stereocenters. The molecule has 1 fully saturated rings. The third kappa shape index (κ3) is 5.17. The third-order valence-electron chi connectivity index (χ3n) is 5.16. The highest BCUT2D eigenvalue weighted by molar-refractivity contribution is 5.81. The SMILES string of the molecule is CC(C)[C@@H]1[C@H](C(=O)NCc2cccc(-n3cncn3)c2)CCN1C(=O)OC(C)(C)C. The normalized spacial score (nSPS) is 19.2.